The molecular formula is C12H14N4O3. The van der Waals surface area contributed by atoms with Crippen molar-refractivity contribution in [3.05, 3.63) is 34.2 Å². The van der Waals surface area contributed by atoms with E-state index in [-0.39, 0.29) is 17.5 Å². The minimum absolute atomic E-state index is 0.138. The first-order valence-electron chi connectivity index (χ1n) is 5.81. The zero-order chi connectivity index (χ0) is 13.8. The Kier molecular flexibility index (Phi) is 3.65. The Morgan fingerprint density at radius 3 is 2.53 bits per heavy atom. The molecule has 2 amide bonds. The van der Waals surface area contributed by atoms with Gasteiger partial charge in [0.25, 0.3) is 5.91 Å². The standard InChI is InChI=1S/C12H14N4O3/c1-7(17)13-4-5-14-11(18)8-2-3-9-10(6-8)16-12(19)15-9/h2-3,6H,4-5H2,1H3,(H,13,17)(H,14,18)(H2,15,16,19). The molecule has 0 spiro atoms. The predicted octanol–water partition coefficient (Wildman–Crippen LogP) is -0.278. The fraction of sp³-hybridized carbons (Fsp3) is 0.250. The minimum atomic E-state index is -0.307. The number of hydrogen-bond acceptors (Lipinski definition) is 3. The van der Waals surface area contributed by atoms with Crippen LogP contribution in [0.15, 0.2) is 23.0 Å². The molecule has 4 N–H and O–H groups in total. The number of aromatic nitrogens is 2. The van der Waals surface area contributed by atoms with Gasteiger partial charge in [-0.15, -0.1) is 0 Å². The fourth-order valence-electron chi connectivity index (χ4n) is 1.69. The van der Waals surface area contributed by atoms with Crippen LogP contribution < -0.4 is 16.3 Å². The molecule has 0 radical (unpaired) electrons. The van der Waals surface area contributed by atoms with E-state index in [1.54, 1.807) is 18.2 Å². The Morgan fingerprint density at radius 2 is 1.79 bits per heavy atom. The highest BCUT2D eigenvalue weighted by Crippen LogP contribution is 2.09. The van der Waals surface area contributed by atoms with E-state index >= 15 is 0 Å². The molecule has 2 rings (SSSR count). The van der Waals surface area contributed by atoms with E-state index < -0.39 is 0 Å². The summed E-state index contributed by atoms with van der Waals surface area (Å²) in [4.78, 5) is 38.7. The molecule has 0 aliphatic heterocycles. The molecule has 0 aliphatic rings. The summed E-state index contributed by atoms with van der Waals surface area (Å²) in [5, 5.41) is 5.25. The number of nitrogens with one attached hydrogen (secondary N) is 4. The van der Waals surface area contributed by atoms with Crippen molar-refractivity contribution in [3.8, 4) is 0 Å². The molecule has 7 nitrogen and oxygen atoms in total. The molecular weight excluding hydrogens is 248 g/mol. The van der Waals surface area contributed by atoms with Crippen molar-refractivity contribution >= 4 is 22.8 Å². The lowest BCUT2D eigenvalue weighted by Crippen LogP contribution is -2.33. The van der Waals surface area contributed by atoms with Crippen molar-refractivity contribution in [2.24, 2.45) is 0 Å². The molecule has 0 bridgehead atoms. The molecule has 7 heteroatoms. The van der Waals surface area contributed by atoms with E-state index in [4.69, 9.17) is 0 Å². The highest BCUT2D eigenvalue weighted by atomic mass is 16.2. The maximum absolute atomic E-state index is 11.8. The Bertz CT molecular complexity index is 671. The SMILES string of the molecule is CC(=O)NCCNC(=O)c1ccc2[nH]c(=O)[nH]c2c1. The second-order valence-corrected chi connectivity index (χ2v) is 4.08. The molecule has 100 valence electrons. The van der Waals surface area contributed by atoms with Gasteiger partial charge >= 0.3 is 5.69 Å². The maximum Gasteiger partial charge on any atom is 0.323 e. The zero-order valence-electron chi connectivity index (χ0n) is 10.4. The van der Waals surface area contributed by atoms with Gasteiger partial charge in [0.2, 0.25) is 5.91 Å². The van der Waals surface area contributed by atoms with Crippen molar-refractivity contribution in [1.82, 2.24) is 20.6 Å². The topological polar surface area (TPSA) is 107 Å². The summed E-state index contributed by atoms with van der Waals surface area (Å²) >= 11 is 0. The molecule has 0 saturated heterocycles. The minimum Gasteiger partial charge on any atom is -0.355 e. The zero-order valence-corrected chi connectivity index (χ0v) is 10.4. The lowest BCUT2D eigenvalue weighted by atomic mass is 10.2. The lowest BCUT2D eigenvalue weighted by Gasteiger charge is -2.05. The summed E-state index contributed by atoms with van der Waals surface area (Å²) in [5.74, 6) is -0.394. The molecule has 0 atom stereocenters. The molecule has 0 saturated carbocycles. The number of rotatable bonds is 4. The number of H-pyrrole nitrogens is 2. The highest BCUT2D eigenvalue weighted by molar-refractivity contribution is 5.97. The normalized spacial score (nSPS) is 10.4. The van der Waals surface area contributed by atoms with Crippen LogP contribution in [0.2, 0.25) is 0 Å². The predicted molar refractivity (Wildman–Crippen MR) is 69.9 cm³/mol. The van der Waals surface area contributed by atoms with Gasteiger partial charge in [-0.3, -0.25) is 9.59 Å². The molecule has 0 aliphatic carbocycles. The van der Waals surface area contributed by atoms with Crippen LogP contribution >= 0.6 is 0 Å². The number of carbonyl (C=O) groups is 2. The number of amides is 2. The molecule has 1 aromatic carbocycles. The first-order chi connectivity index (χ1) is 9.06. The number of imidazole rings is 1. The summed E-state index contributed by atoms with van der Waals surface area (Å²) in [6, 6.07) is 4.89. The largest absolute Gasteiger partial charge is 0.355 e. The van der Waals surface area contributed by atoms with Crippen LogP contribution in [0, 0.1) is 0 Å². The van der Waals surface area contributed by atoms with Crippen LogP contribution in [0.3, 0.4) is 0 Å². The Morgan fingerprint density at radius 1 is 1.11 bits per heavy atom. The second kappa shape index (κ2) is 5.38. The van der Waals surface area contributed by atoms with Crippen LogP contribution in [-0.4, -0.2) is 34.9 Å². The highest BCUT2D eigenvalue weighted by Gasteiger charge is 2.07. The van der Waals surface area contributed by atoms with Gasteiger partial charge in [0, 0.05) is 25.6 Å². The third-order valence-corrected chi connectivity index (χ3v) is 2.56. The van der Waals surface area contributed by atoms with Gasteiger partial charge in [-0.2, -0.15) is 0 Å². The van der Waals surface area contributed by atoms with E-state index in [1.807, 2.05) is 0 Å². The van der Waals surface area contributed by atoms with Gasteiger partial charge in [-0.1, -0.05) is 0 Å². The first-order valence-corrected chi connectivity index (χ1v) is 5.81. The van der Waals surface area contributed by atoms with Gasteiger partial charge in [0.15, 0.2) is 0 Å². The molecule has 2 aromatic rings. The van der Waals surface area contributed by atoms with Crippen molar-refractivity contribution < 1.29 is 9.59 Å². The van der Waals surface area contributed by atoms with Crippen LogP contribution in [0.5, 0.6) is 0 Å². The van der Waals surface area contributed by atoms with E-state index in [0.29, 0.717) is 29.7 Å². The fourth-order valence-corrected chi connectivity index (χ4v) is 1.69. The Hall–Kier alpha value is -2.57. The summed E-state index contributed by atoms with van der Waals surface area (Å²) in [5.41, 5.74) is 1.38. The molecule has 19 heavy (non-hydrogen) atoms. The van der Waals surface area contributed by atoms with Crippen LogP contribution in [0.25, 0.3) is 11.0 Å². The van der Waals surface area contributed by atoms with Crippen LogP contribution in [0.4, 0.5) is 0 Å². The summed E-state index contributed by atoms with van der Waals surface area (Å²) < 4.78 is 0. The third kappa shape index (κ3) is 3.21. The molecule has 1 heterocycles. The van der Waals surface area contributed by atoms with Gasteiger partial charge in [-0.25, -0.2) is 4.79 Å². The van der Waals surface area contributed by atoms with Crippen molar-refractivity contribution in [2.75, 3.05) is 13.1 Å². The third-order valence-electron chi connectivity index (χ3n) is 2.56. The number of fused-ring (bicyclic) bond motifs is 1. The Balaban J connectivity index is 2.00. The summed E-state index contributed by atoms with van der Waals surface area (Å²) in [7, 11) is 0. The number of benzene rings is 1. The smallest absolute Gasteiger partial charge is 0.323 e. The molecule has 0 fully saturated rings. The maximum atomic E-state index is 11.8. The number of hydrogen-bond donors (Lipinski definition) is 4. The van der Waals surface area contributed by atoms with Gasteiger partial charge in [0.1, 0.15) is 0 Å². The average molecular weight is 262 g/mol. The Labute approximate surface area is 108 Å². The quantitative estimate of drug-likeness (QED) is 0.569. The lowest BCUT2D eigenvalue weighted by molar-refractivity contribution is -0.118. The first kappa shape index (κ1) is 12.9. The van der Waals surface area contributed by atoms with E-state index in [1.165, 1.54) is 6.92 Å². The second-order valence-electron chi connectivity index (χ2n) is 4.08. The van der Waals surface area contributed by atoms with E-state index in [0.717, 1.165) is 0 Å². The summed E-state index contributed by atoms with van der Waals surface area (Å²) in [6.45, 7) is 2.14. The van der Waals surface area contributed by atoms with E-state index in [2.05, 4.69) is 20.6 Å². The van der Waals surface area contributed by atoms with E-state index in [9.17, 15) is 14.4 Å². The number of carbonyl (C=O) groups excluding carboxylic acids is 2. The van der Waals surface area contributed by atoms with Gasteiger partial charge in [0.05, 0.1) is 11.0 Å². The molecule has 0 unspecified atom stereocenters. The van der Waals surface area contributed by atoms with Crippen molar-refractivity contribution in [1.29, 1.82) is 0 Å². The van der Waals surface area contributed by atoms with Gasteiger partial charge in [-0.05, 0) is 18.2 Å². The van der Waals surface area contributed by atoms with Crippen LogP contribution in [-0.2, 0) is 4.79 Å². The monoisotopic (exact) mass is 262 g/mol. The van der Waals surface area contributed by atoms with Crippen molar-refractivity contribution in [3.63, 3.8) is 0 Å². The van der Waals surface area contributed by atoms with Gasteiger partial charge < -0.3 is 20.6 Å². The van der Waals surface area contributed by atoms with Crippen molar-refractivity contribution in [2.45, 2.75) is 6.92 Å². The number of aromatic amines is 2. The average Bonchev–Trinajstić information content (AvgIpc) is 2.73. The van der Waals surface area contributed by atoms with Crippen LogP contribution in [0.1, 0.15) is 17.3 Å². The summed E-state index contributed by atoms with van der Waals surface area (Å²) in [6.07, 6.45) is 0. The molecule has 1 aromatic heterocycles.